The summed E-state index contributed by atoms with van der Waals surface area (Å²) in [4.78, 5) is 18.3. The van der Waals surface area contributed by atoms with Crippen LogP contribution in [0.5, 0.6) is 0 Å². The third-order valence-corrected chi connectivity index (χ3v) is 5.15. The van der Waals surface area contributed by atoms with Crippen LogP contribution < -0.4 is 0 Å². The molecule has 0 atom stereocenters. The highest BCUT2D eigenvalue weighted by Gasteiger charge is 2.42. The monoisotopic (exact) mass is 330 g/mol. The minimum Gasteiger partial charge on any atom is -0.364 e. The van der Waals surface area contributed by atoms with Gasteiger partial charge in [-0.2, -0.15) is 0 Å². The lowest BCUT2D eigenvalue weighted by molar-refractivity contribution is -0.138. The van der Waals surface area contributed by atoms with Crippen molar-refractivity contribution in [3.8, 4) is 0 Å². The summed E-state index contributed by atoms with van der Waals surface area (Å²) < 4.78 is 0. The Morgan fingerprint density at radius 3 is 2.65 bits per heavy atom. The number of H-pyrrole nitrogens is 1. The van der Waals surface area contributed by atoms with Gasteiger partial charge in [0, 0.05) is 24.0 Å². The fourth-order valence-electron chi connectivity index (χ4n) is 3.73. The van der Waals surface area contributed by atoms with E-state index in [-0.39, 0.29) is 5.91 Å². The SMILES string of the molecule is CN(Cc1ccc[nH]1)C(=O)C1(c2cccc(Cl)c2)CCCCC1. The first kappa shape index (κ1) is 16.1. The molecule has 3 nitrogen and oxygen atoms in total. The van der Waals surface area contributed by atoms with E-state index in [1.54, 1.807) is 0 Å². The molecule has 0 saturated heterocycles. The Kier molecular flexibility index (Phi) is 4.76. The van der Waals surface area contributed by atoms with Crippen LogP contribution in [0.2, 0.25) is 5.02 Å². The number of rotatable bonds is 4. The first-order chi connectivity index (χ1) is 11.1. The van der Waals surface area contributed by atoms with E-state index < -0.39 is 5.41 Å². The van der Waals surface area contributed by atoms with E-state index in [0.29, 0.717) is 11.6 Å². The van der Waals surface area contributed by atoms with Crippen molar-refractivity contribution >= 4 is 17.5 Å². The number of nitrogens with one attached hydrogen (secondary N) is 1. The van der Waals surface area contributed by atoms with Crippen LogP contribution in [0.3, 0.4) is 0 Å². The van der Waals surface area contributed by atoms with Crippen molar-refractivity contribution in [1.82, 2.24) is 9.88 Å². The zero-order valence-corrected chi connectivity index (χ0v) is 14.3. The van der Waals surface area contributed by atoms with Crippen LogP contribution in [-0.2, 0) is 16.8 Å². The van der Waals surface area contributed by atoms with Gasteiger partial charge in [-0.05, 0) is 42.7 Å². The third kappa shape index (κ3) is 3.30. The Balaban J connectivity index is 1.90. The van der Waals surface area contributed by atoms with E-state index in [9.17, 15) is 4.79 Å². The summed E-state index contributed by atoms with van der Waals surface area (Å²) in [6, 6.07) is 11.8. The maximum atomic E-state index is 13.3. The van der Waals surface area contributed by atoms with Gasteiger partial charge in [0.2, 0.25) is 5.91 Å². The van der Waals surface area contributed by atoms with Gasteiger partial charge >= 0.3 is 0 Å². The first-order valence-electron chi connectivity index (χ1n) is 8.26. The summed E-state index contributed by atoms with van der Waals surface area (Å²) in [5.41, 5.74) is 1.69. The number of aromatic nitrogens is 1. The normalized spacial score (nSPS) is 17.0. The number of carbonyl (C=O) groups excluding carboxylic acids is 1. The number of likely N-dealkylation sites (N-methyl/N-ethyl adjacent to an activating group) is 1. The number of hydrogen-bond acceptors (Lipinski definition) is 1. The van der Waals surface area contributed by atoms with Crippen molar-refractivity contribution in [2.24, 2.45) is 0 Å². The molecule has 4 heteroatoms. The van der Waals surface area contributed by atoms with Gasteiger partial charge in [0.1, 0.15) is 0 Å². The van der Waals surface area contributed by atoms with Gasteiger partial charge in [-0.15, -0.1) is 0 Å². The molecular formula is C19H23ClN2O. The van der Waals surface area contributed by atoms with Crippen LogP contribution in [0, 0.1) is 0 Å². The van der Waals surface area contributed by atoms with Crippen LogP contribution >= 0.6 is 11.6 Å². The second-order valence-electron chi connectivity index (χ2n) is 6.51. The quantitative estimate of drug-likeness (QED) is 0.878. The standard InChI is InChI=1S/C19H23ClN2O/c1-22(14-17-9-6-12-21-17)18(23)19(10-3-2-4-11-19)15-7-5-8-16(20)13-15/h5-9,12-13,21H,2-4,10-11,14H2,1H3. The molecule has 122 valence electrons. The van der Waals surface area contributed by atoms with Gasteiger partial charge in [0.15, 0.2) is 0 Å². The Bertz CT molecular complexity index is 660. The van der Waals surface area contributed by atoms with Crippen molar-refractivity contribution in [3.05, 3.63) is 58.9 Å². The van der Waals surface area contributed by atoms with Gasteiger partial charge in [-0.25, -0.2) is 0 Å². The summed E-state index contributed by atoms with van der Waals surface area (Å²) in [5.74, 6) is 0.203. The summed E-state index contributed by atoms with van der Waals surface area (Å²) in [6.45, 7) is 0.605. The van der Waals surface area contributed by atoms with Crippen molar-refractivity contribution in [1.29, 1.82) is 0 Å². The van der Waals surface area contributed by atoms with Crippen LogP contribution in [0.1, 0.15) is 43.4 Å². The molecule has 1 heterocycles. The van der Waals surface area contributed by atoms with Crippen LogP contribution in [0.15, 0.2) is 42.6 Å². The molecule has 1 aromatic carbocycles. The van der Waals surface area contributed by atoms with Gasteiger partial charge in [0.05, 0.1) is 12.0 Å². The molecule has 1 fully saturated rings. The second-order valence-corrected chi connectivity index (χ2v) is 6.95. The van der Waals surface area contributed by atoms with Crippen LogP contribution in [-0.4, -0.2) is 22.8 Å². The van der Waals surface area contributed by atoms with Crippen LogP contribution in [0.25, 0.3) is 0 Å². The fraction of sp³-hybridized carbons (Fsp3) is 0.421. The van der Waals surface area contributed by atoms with Crippen LogP contribution in [0.4, 0.5) is 0 Å². The third-order valence-electron chi connectivity index (χ3n) is 4.91. The highest BCUT2D eigenvalue weighted by Crippen LogP contribution is 2.41. The number of hydrogen-bond donors (Lipinski definition) is 1. The number of nitrogens with zero attached hydrogens (tertiary/aromatic N) is 1. The van der Waals surface area contributed by atoms with Gasteiger partial charge in [-0.1, -0.05) is 43.0 Å². The Labute approximate surface area is 142 Å². The van der Waals surface area contributed by atoms with Gasteiger partial charge < -0.3 is 9.88 Å². The molecule has 1 aliphatic carbocycles. The molecule has 0 unspecified atom stereocenters. The lowest BCUT2D eigenvalue weighted by Gasteiger charge is -2.39. The van der Waals surface area contributed by atoms with Crippen molar-refractivity contribution in [2.45, 2.75) is 44.1 Å². The summed E-state index contributed by atoms with van der Waals surface area (Å²) >= 11 is 6.20. The second kappa shape index (κ2) is 6.79. The Morgan fingerprint density at radius 1 is 1.22 bits per heavy atom. The van der Waals surface area contributed by atoms with Crippen molar-refractivity contribution < 1.29 is 4.79 Å². The largest absolute Gasteiger partial charge is 0.364 e. The van der Waals surface area contributed by atoms with Crippen molar-refractivity contribution in [3.63, 3.8) is 0 Å². The molecule has 0 spiro atoms. The van der Waals surface area contributed by atoms with E-state index in [4.69, 9.17) is 11.6 Å². The molecule has 0 bridgehead atoms. The van der Waals surface area contributed by atoms with Gasteiger partial charge in [0.25, 0.3) is 0 Å². The topological polar surface area (TPSA) is 36.1 Å². The minimum absolute atomic E-state index is 0.203. The summed E-state index contributed by atoms with van der Waals surface area (Å²) in [6.07, 6.45) is 7.09. The molecule has 1 N–H and O–H groups in total. The molecule has 1 saturated carbocycles. The number of benzene rings is 1. The lowest BCUT2D eigenvalue weighted by atomic mass is 9.68. The smallest absolute Gasteiger partial charge is 0.233 e. The average molecular weight is 331 g/mol. The number of carbonyl (C=O) groups is 1. The van der Waals surface area contributed by atoms with E-state index in [1.165, 1.54) is 6.42 Å². The zero-order chi connectivity index (χ0) is 16.3. The molecule has 3 rings (SSSR count). The number of amides is 1. The average Bonchev–Trinajstić information content (AvgIpc) is 3.07. The summed E-state index contributed by atoms with van der Waals surface area (Å²) in [7, 11) is 1.89. The maximum Gasteiger partial charge on any atom is 0.233 e. The number of aromatic amines is 1. The lowest BCUT2D eigenvalue weighted by Crippen LogP contribution is -2.46. The van der Waals surface area contributed by atoms with E-state index in [2.05, 4.69) is 11.1 Å². The van der Waals surface area contributed by atoms with E-state index in [1.807, 2.05) is 48.5 Å². The van der Waals surface area contributed by atoms with Crippen molar-refractivity contribution in [2.75, 3.05) is 7.05 Å². The molecule has 1 aromatic heterocycles. The highest BCUT2D eigenvalue weighted by atomic mass is 35.5. The Morgan fingerprint density at radius 2 is 2.00 bits per heavy atom. The predicted molar refractivity (Wildman–Crippen MR) is 93.5 cm³/mol. The molecule has 0 radical (unpaired) electrons. The molecule has 0 aliphatic heterocycles. The predicted octanol–water partition coefficient (Wildman–Crippen LogP) is 4.53. The van der Waals surface area contributed by atoms with E-state index >= 15 is 0 Å². The Hall–Kier alpha value is -1.74. The first-order valence-corrected chi connectivity index (χ1v) is 8.63. The minimum atomic E-state index is -0.426. The summed E-state index contributed by atoms with van der Waals surface area (Å²) in [5, 5.41) is 0.701. The zero-order valence-electron chi connectivity index (χ0n) is 13.5. The highest BCUT2D eigenvalue weighted by molar-refractivity contribution is 6.30. The molecular weight excluding hydrogens is 308 g/mol. The number of halogens is 1. The molecule has 2 aromatic rings. The van der Waals surface area contributed by atoms with E-state index in [0.717, 1.165) is 36.9 Å². The molecule has 23 heavy (non-hydrogen) atoms. The molecule has 1 aliphatic rings. The fourth-order valence-corrected chi connectivity index (χ4v) is 3.92. The molecule has 1 amide bonds. The maximum absolute atomic E-state index is 13.3. The van der Waals surface area contributed by atoms with Gasteiger partial charge in [-0.3, -0.25) is 4.79 Å².